The van der Waals surface area contributed by atoms with Gasteiger partial charge in [-0.1, -0.05) is 68.2 Å². The Bertz CT molecular complexity index is 2310. The van der Waals surface area contributed by atoms with Gasteiger partial charge in [-0.05, 0) is 60.2 Å². The molecule has 5 aromatic rings. The third-order valence-corrected chi connectivity index (χ3v) is 10.5. The van der Waals surface area contributed by atoms with E-state index in [1.54, 1.807) is 11.1 Å². The van der Waals surface area contributed by atoms with Crippen LogP contribution in [-0.4, -0.2) is 105 Å². The van der Waals surface area contributed by atoms with Crippen LogP contribution in [0.1, 0.15) is 67.1 Å². The van der Waals surface area contributed by atoms with Crippen LogP contribution < -0.4 is 5.32 Å². The van der Waals surface area contributed by atoms with Crippen LogP contribution in [0.25, 0.3) is 22.3 Å². The van der Waals surface area contributed by atoms with E-state index in [0.29, 0.717) is 12.2 Å². The van der Waals surface area contributed by atoms with Crippen LogP contribution >= 0.6 is 0 Å². The normalized spacial score (nSPS) is 17.2. The zero-order valence-corrected chi connectivity index (χ0v) is 32.5. The highest BCUT2D eigenvalue weighted by molar-refractivity contribution is 5.86. The van der Waals surface area contributed by atoms with E-state index in [9.17, 15) is 19.2 Å². The van der Waals surface area contributed by atoms with Crippen LogP contribution in [0.15, 0.2) is 79.0 Å². The quantitative estimate of drug-likeness (QED) is 0.172. The number of fused-ring (bicyclic) bond motifs is 1. The molecule has 2 aliphatic heterocycles. The maximum Gasteiger partial charge on any atom is 0.409 e. The van der Waals surface area contributed by atoms with Crippen molar-refractivity contribution in [2.24, 2.45) is 5.92 Å². The molecule has 3 atom stereocenters. The summed E-state index contributed by atoms with van der Waals surface area (Å²) in [6.07, 6.45) is 2.67. The van der Waals surface area contributed by atoms with Gasteiger partial charge in [-0.15, -0.1) is 0 Å². The molecule has 14 heteroatoms. The van der Waals surface area contributed by atoms with E-state index in [0.717, 1.165) is 64.2 Å². The van der Waals surface area contributed by atoms with E-state index in [1.165, 1.54) is 19.1 Å². The zero-order valence-electron chi connectivity index (χ0n) is 32.5. The fourth-order valence-electron chi connectivity index (χ4n) is 7.47. The summed E-state index contributed by atoms with van der Waals surface area (Å²) in [5, 5.41) is 2.65. The maximum atomic E-state index is 13.9. The van der Waals surface area contributed by atoms with Gasteiger partial charge in [0.15, 0.2) is 0 Å². The Morgan fingerprint density at radius 2 is 1.61 bits per heavy atom. The topological polar surface area (TPSA) is 166 Å². The number of benzene rings is 3. The first-order valence-electron chi connectivity index (χ1n) is 19.1. The Labute approximate surface area is 330 Å². The number of aromatic amines is 2. The van der Waals surface area contributed by atoms with Gasteiger partial charge in [-0.3, -0.25) is 9.59 Å². The fraction of sp³-hybridized carbons (Fsp3) is 0.349. The second-order valence-electron chi connectivity index (χ2n) is 14.6. The molecule has 0 bridgehead atoms. The number of aromatic nitrogens is 4. The standard InChI is InChI=1S/C43H46N8O6/c1-27(2)38(48-42(54)56-3)41(53)51-22-21-49(43(55)57-4)26-36(51)39-44-25-34(47-39)31-17-14-28(15-18-31)12-13-30-16-19-32-33(23-30)46-40(45-32)35-11-8-20-50(35)37(52)24-29-9-6-5-7-10-29/h5-7,9-10,14-19,23,25,27,35-36,38H,8,11,20-22,24,26H2,1-4H3,(H,44,47)(H,45,46)(H,48,54)/t35-,36-,38-/m0/s1. The number of nitrogens with one attached hydrogen (secondary N) is 3. The van der Waals surface area contributed by atoms with Crippen LogP contribution in [0.4, 0.5) is 9.59 Å². The Morgan fingerprint density at radius 3 is 2.35 bits per heavy atom. The molecule has 4 heterocycles. The molecule has 14 nitrogen and oxygen atoms in total. The molecule has 2 saturated heterocycles. The third-order valence-electron chi connectivity index (χ3n) is 10.5. The first-order chi connectivity index (χ1) is 27.6. The molecule has 2 aromatic heterocycles. The van der Waals surface area contributed by atoms with Gasteiger partial charge in [0.25, 0.3) is 0 Å². The van der Waals surface area contributed by atoms with Gasteiger partial charge in [0.05, 0.1) is 56.2 Å². The van der Waals surface area contributed by atoms with E-state index in [2.05, 4.69) is 32.1 Å². The highest BCUT2D eigenvalue weighted by Crippen LogP contribution is 2.33. The monoisotopic (exact) mass is 770 g/mol. The number of carbonyl (C=O) groups is 4. The number of hydrogen-bond acceptors (Lipinski definition) is 8. The van der Waals surface area contributed by atoms with Gasteiger partial charge < -0.3 is 39.5 Å². The number of carbonyl (C=O) groups excluding carboxylic acids is 4. The lowest BCUT2D eigenvalue weighted by molar-refractivity contribution is -0.139. The number of alkyl carbamates (subject to hydrolysis) is 1. The SMILES string of the molecule is COC(=O)N[C@H](C(=O)N1CCN(C(=O)OC)C[C@H]1c1ncc(-c2ccc(C#Cc3ccc4nc([C@@H]5CCCN5C(=O)Cc5ccccc5)[nH]c4c3)cc2)[nH]1)C(C)C. The van der Waals surface area contributed by atoms with Crippen molar-refractivity contribution in [1.29, 1.82) is 0 Å². The van der Waals surface area contributed by atoms with Crippen LogP contribution in [0.3, 0.4) is 0 Å². The highest BCUT2D eigenvalue weighted by atomic mass is 16.5. The molecule has 0 spiro atoms. The minimum atomic E-state index is -0.836. The van der Waals surface area contributed by atoms with E-state index in [4.69, 9.17) is 14.5 Å². The molecule has 0 aliphatic carbocycles. The number of methoxy groups -OCH3 is 2. The van der Waals surface area contributed by atoms with Crippen LogP contribution in [-0.2, 0) is 25.5 Å². The third kappa shape index (κ3) is 8.62. The summed E-state index contributed by atoms with van der Waals surface area (Å²) < 4.78 is 9.74. The molecule has 3 aromatic carbocycles. The van der Waals surface area contributed by atoms with E-state index < -0.39 is 24.3 Å². The highest BCUT2D eigenvalue weighted by Gasteiger charge is 2.40. The van der Waals surface area contributed by atoms with E-state index in [-0.39, 0.29) is 43.4 Å². The van der Waals surface area contributed by atoms with E-state index >= 15 is 0 Å². The van der Waals surface area contributed by atoms with Crippen molar-refractivity contribution < 1.29 is 28.7 Å². The van der Waals surface area contributed by atoms with Crippen molar-refractivity contribution >= 4 is 35.0 Å². The molecule has 7 rings (SSSR count). The molecule has 2 fully saturated rings. The van der Waals surface area contributed by atoms with Crippen molar-refractivity contribution in [2.75, 3.05) is 40.4 Å². The van der Waals surface area contributed by atoms with Crippen LogP contribution in [0.2, 0.25) is 0 Å². The summed E-state index contributed by atoms with van der Waals surface area (Å²) in [6.45, 7) is 5.04. The molecule has 4 amide bonds. The maximum absolute atomic E-state index is 13.9. The lowest BCUT2D eigenvalue weighted by Crippen LogP contribution is -2.58. The Hall–Kier alpha value is -6.62. The van der Waals surface area contributed by atoms with Crippen molar-refractivity contribution in [2.45, 2.75) is 51.2 Å². The lowest BCUT2D eigenvalue weighted by Gasteiger charge is -2.41. The molecular formula is C43H46N8O6. The first-order valence-corrected chi connectivity index (χ1v) is 19.1. The summed E-state index contributed by atoms with van der Waals surface area (Å²) in [5.74, 6) is 7.39. The van der Waals surface area contributed by atoms with Gasteiger partial charge in [-0.2, -0.15) is 0 Å². The van der Waals surface area contributed by atoms with Crippen molar-refractivity contribution in [3.8, 4) is 23.1 Å². The van der Waals surface area contributed by atoms with Gasteiger partial charge in [0, 0.05) is 30.8 Å². The van der Waals surface area contributed by atoms with Crippen molar-refractivity contribution in [1.82, 2.24) is 40.0 Å². The minimum absolute atomic E-state index is 0.0844. The molecule has 294 valence electrons. The van der Waals surface area contributed by atoms with Gasteiger partial charge in [0.2, 0.25) is 11.8 Å². The number of H-pyrrole nitrogens is 2. The fourth-order valence-corrected chi connectivity index (χ4v) is 7.47. The number of nitrogens with zero attached hydrogens (tertiary/aromatic N) is 5. The number of hydrogen-bond donors (Lipinski definition) is 3. The van der Waals surface area contributed by atoms with E-state index in [1.807, 2.05) is 91.5 Å². The number of rotatable bonds is 8. The zero-order chi connectivity index (χ0) is 40.1. The van der Waals surface area contributed by atoms with Gasteiger partial charge in [0.1, 0.15) is 23.7 Å². The van der Waals surface area contributed by atoms with Crippen LogP contribution in [0, 0.1) is 17.8 Å². The summed E-state index contributed by atoms with van der Waals surface area (Å²) >= 11 is 0. The molecular weight excluding hydrogens is 725 g/mol. The predicted octanol–water partition coefficient (Wildman–Crippen LogP) is 5.59. The number of piperazine rings is 1. The summed E-state index contributed by atoms with van der Waals surface area (Å²) in [7, 11) is 2.57. The Morgan fingerprint density at radius 1 is 0.860 bits per heavy atom. The van der Waals surface area contributed by atoms with Crippen LogP contribution in [0.5, 0.6) is 0 Å². The second kappa shape index (κ2) is 17.0. The summed E-state index contributed by atoms with van der Waals surface area (Å²) in [5.41, 5.74) is 5.94. The van der Waals surface area contributed by atoms with Gasteiger partial charge in [-0.25, -0.2) is 19.6 Å². The summed E-state index contributed by atoms with van der Waals surface area (Å²) in [6, 6.07) is 21.9. The molecule has 2 aliphatic rings. The van der Waals surface area contributed by atoms with Crippen molar-refractivity contribution in [3.05, 3.63) is 107 Å². The largest absolute Gasteiger partial charge is 0.453 e. The number of likely N-dealkylation sites (tertiary alicyclic amines) is 1. The van der Waals surface area contributed by atoms with Crippen molar-refractivity contribution in [3.63, 3.8) is 0 Å². The summed E-state index contributed by atoms with van der Waals surface area (Å²) in [4.78, 5) is 73.1. The Kier molecular flexibility index (Phi) is 11.5. The average molecular weight is 771 g/mol. The Balaban J connectivity index is 1.04. The molecule has 0 radical (unpaired) electrons. The molecule has 0 saturated carbocycles. The van der Waals surface area contributed by atoms with Gasteiger partial charge >= 0.3 is 12.2 Å². The first kappa shape index (κ1) is 38.6. The molecule has 3 N–H and O–H groups in total. The smallest absolute Gasteiger partial charge is 0.409 e. The molecule has 57 heavy (non-hydrogen) atoms. The number of ether oxygens (including phenoxy) is 2. The molecule has 0 unspecified atom stereocenters. The number of imidazole rings is 2. The predicted molar refractivity (Wildman–Crippen MR) is 213 cm³/mol. The number of amides is 4. The minimum Gasteiger partial charge on any atom is -0.453 e. The lowest BCUT2D eigenvalue weighted by atomic mass is 10.0. The second-order valence-corrected chi connectivity index (χ2v) is 14.6. The average Bonchev–Trinajstić information content (AvgIpc) is 4.02.